The summed E-state index contributed by atoms with van der Waals surface area (Å²) in [7, 11) is -2.08. The SMILES string of the molecule is COc1ccc(CCCNC(=O)CN(c2ccc(Cl)cc2Cl)S(C)(=O)=O)cc1. The number of carbonyl (C=O) groups excluding carboxylic acids is 1. The van der Waals surface area contributed by atoms with Gasteiger partial charge in [0.2, 0.25) is 15.9 Å². The number of hydrogen-bond donors (Lipinski definition) is 1. The Morgan fingerprint density at radius 2 is 1.82 bits per heavy atom. The molecule has 0 spiro atoms. The standard InChI is InChI=1S/C19H22Cl2N2O4S/c1-27-16-8-5-14(6-9-16)4-3-11-22-19(24)13-23(28(2,25)26)18-10-7-15(20)12-17(18)21/h5-10,12H,3-4,11,13H2,1-2H3,(H,22,24). The average molecular weight is 445 g/mol. The second kappa shape index (κ2) is 10.0. The number of sulfonamides is 1. The molecule has 0 saturated heterocycles. The van der Waals surface area contributed by atoms with E-state index in [4.69, 9.17) is 27.9 Å². The lowest BCUT2D eigenvalue weighted by atomic mass is 10.1. The van der Waals surface area contributed by atoms with Crippen molar-refractivity contribution in [3.8, 4) is 5.75 Å². The summed E-state index contributed by atoms with van der Waals surface area (Å²) in [4.78, 5) is 12.2. The van der Waals surface area contributed by atoms with E-state index in [0.29, 0.717) is 11.6 Å². The maximum absolute atomic E-state index is 12.2. The summed E-state index contributed by atoms with van der Waals surface area (Å²) in [6, 6.07) is 12.1. The number of anilines is 1. The van der Waals surface area contributed by atoms with Crippen LogP contribution in [-0.2, 0) is 21.2 Å². The molecule has 0 bridgehead atoms. The minimum Gasteiger partial charge on any atom is -0.497 e. The lowest BCUT2D eigenvalue weighted by Gasteiger charge is -2.23. The van der Waals surface area contributed by atoms with E-state index in [0.717, 1.165) is 34.7 Å². The quantitative estimate of drug-likeness (QED) is 0.600. The molecule has 0 aliphatic heterocycles. The first kappa shape index (κ1) is 22.3. The van der Waals surface area contributed by atoms with Gasteiger partial charge in [0.05, 0.1) is 24.1 Å². The molecule has 0 unspecified atom stereocenters. The van der Waals surface area contributed by atoms with Crippen LogP contribution in [0.2, 0.25) is 10.0 Å². The second-order valence-corrected chi connectivity index (χ2v) is 8.92. The van der Waals surface area contributed by atoms with E-state index in [2.05, 4.69) is 5.32 Å². The summed E-state index contributed by atoms with van der Waals surface area (Å²) in [5, 5.41) is 3.28. The normalized spacial score (nSPS) is 11.1. The minimum absolute atomic E-state index is 0.158. The highest BCUT2D eigenvalue weighted by atomic mass is 35.5. The van der Waals surface area contributed by atoms with Crippen molar-refractivity contribution in [3.05, 3.63) is 58.1 Å². The lowest BCUT2D eigenvalue weighted by molar-refractivity contribution is -0.119. The van der Waals surface area contributed by atoms with Crippen LogP contribution in [0.5, 0.6) is 5.75 Å². The summed E-state index contributed by atoms with van der Waals surface area (Å²) in [5.74, 6) is 0.380. The molecular formula is C19H22Cl2N2O4S. The molecule has 0 heterocycles. The maximum atomic E-state index is 12.2. The van der Waals surface area contributed by atoms with E-state index >= 15 is 0 Å². The molecule has 2 rings (SSSR count). The number of methoxy groups -OCH3 is 1. The van der Waals surface area contributed by atoms with Crippen LogP contribution < -0.4 is 14.4 Å². The van der Waals surface area contributed by atoms with Crippen LogP contribution in [0, 0.1) is 0 Å². The Bertz CT molecular complexity index is 918. The molecule has 152 valence electrons. The van der Waals surface area contributed by atoms with Gasteiger partial charge in [-0.15, -0.1) is 0 Å². The Morgan fingerprint density at radius 3 is 2.39 bits per heavy atom. The molecule has 6 nitrogen and oxygen atoms in total. The van der Waals surface area contributed by atoms with Gasteiger partial charge in [-0.2, -0.15) is 0 Å². The highest BCUT2D eigenvalue weighted by Gasteiger charge is 2.23. The van der Waals surface area contributed by atoms with Crippen molar-refractivity contribution in [1.82, 2.24) is 5.32 Å². The number of benzene rings is 2. The molecule has 0 radical (unpaired) electrons. The molecule has 1 N–H and O–H groups in total. The number of hydrogen-bond acceptors (Lipinski definition) is 4. The molecule has 0 aromatic heterocycles. The Labute approximate surface area is 175 Å². The van der Waals surface area contributed by atoms with Gasteiger partial charge < -0.3 is 10.1 Å². The van der Waals surface area contributed by atoms with Crippen molar-refractivity contribution >= 4 is 44.8 Å². The maximum Gasteiger partial charge on any atom is 0.240 e. The molecule has 0 atom stereocenters. The van der Waals surface area contributed by atoms with Gasteiger partial charge >= 0.3 is 0 Å². The van der Waals surface area contributed by atoms with E-state index in [1.54, 1.807) is 7.11 Å². The smallest absolute Gasteiger partial charge is 0.240 e. The van der Waals surface area contributed by atoms with Gasteiger partial charge in [0.25, 0.3) is 0 Å². The third-order valence-corrected chi connectivity index (χ3v) is 5.65. The molecule has 0 fully saturated rings. The predicted octanol–water partition coefficient (Wildman–Crippen LogP) is 3.52. The molecule has 0 aliphatic carbocycles. The Morgan fingerprint density at radius 1 is 1.14 bits per heavy atom. The zero-order valence-electron chi connectivity index (χ0n) is 15.6. The third kappa shape index (κ3) is 6.58. The number of amides is 1. The summed E-state index contributed by atoms with van der Waals surface area (Å²) in [6.07, 6.45) is 2.52. The number of rotatable bonds is 9. The monoisotopic (exact) mass is 444 g/mol. The first-order chi connectivity index (χ1) is 13.2. The molecule has 1 amide bonds. The zero-order valence-corrected chi connectivity index (χ0v) is 17.9. The van der Waals surface area contributed by atoms with Crippen LogP contribution in [0.25, 0.3) is 0 Å². The van der Waals surface area contributed by atoms with Crippen LogP contribution >= 0.6 is 23.2 Å². The van der Waals surface area contributed by atoms with Crippen molar-refractivity contribution in [2.75, 3.05) is 30.8 Å². The summed E-state index contributed by atoms with van der Waals surface area (Å²) in [6.45, 7) is 0.0690. The third-order valence-electron chi connectivity index (χ3n) is 3.99. The first-order valence-corrected chi connectivity index (χ1v) is 11.1. The van der Waals surface area contributed by atoms with Crippen LogP contribution in [0.1, 0.15) is 12.0 Å². The second-order valence-electron chi connectivity index (χ2n) is 6.17. The first-order valence-electron chi connectivity index (χ1n) is 8.53. The van der Waals surface area contributed by atoms with E-state index in [9.17, 15) is 13.2 Å². The molecule has 28 heavy (non-hydrogen) atoms. The van der Waals surface area contributed by atoms with E-state index < -0.39 is 15.9 Å². The Hall–Kier alpha value is -1.96. The highest BCUT2D eigenvalue weighted by molar-refractivity contribution is 7.92. The Kier molecular flexibility index (Phi) is 7.98. The summed E-state index contributed by atoms with van der Waals surface area (Å²) < 4.78 is 30.3. The van der Waals surface area contributed by atoms with Gasteiger partial charge in [-0.1, -0.05) is 35.3 Å². The van der Waals surface area contributed by atoms with Crippen molar-refractivity contribution in [1.29, 1.82) is 0 Å². The minimum atomic E-state index is -3.70. The number of nitrogens with zero attached hydrogens (tertiary/aromatic N) is 1. The van der Waals surface area contributed by atoms with Crippen LogP contribution in [0.4, 0.5) is 5.69 Å². The molecule has 2 aromatic carbocycles. The summed E-state index contributed by atoms with van der Waals surface area (Å²) >= 11 is 12.0. The lowest BCUT2D eigenvalue weighted by Crippen LogP contribution is -2.40. The molecular weight excluding hydrogens is 423 g/mol. The van der Waals surface area contributed by atoms with E-state index in [-0.39, 0.29) is 17.3 Å². The number of aryl methyl sites for hydroxylation is 1. The zero-order chi connectivity index (χ0) is 20.7. The van der Waals surface area contributed by atoms with E-state index in [1.165, 1.54) is 18.2 Å². The molecule has 0 aliphatic rings. The number of carbonyl (C=O) groups is 1. The fraction of sp³-hybridized carbons (Fsp3) is 0.316. The number of nitrogens with one attached hydrogen (secondary N) is 1. The van der Waals surface area contributed by atoms with Gasteiger partial charge in [0, 0.05) is 11.6 Å². The van der Waals surface area contributed by atoms with Crippen LogP contribution in [0.15, 0.2) is 42.5 Å². The van der Waals surface area contributed by atoms with Crippen LogP contribution in [0.3, 0.4) is 0 Å². The fourth-order valence-electron chi connectivity index (χ4n) is 2.56. The largest absolute Gasteiger partial charge is 0.497 e. The van der Waals surface area contributed by atoms with Crippen molar-refractivity contribution in [2.24, 2.45) is 0 Å². The fourth-order valence-corrected chi connectivity index (χ4v) is 3.99. The van der Waals surface area contributed by atoms with Gasteiger partial charge in [0.15, 0.2) is 0 Å². The molecule has 9 heteroatoms. The van der Waals surface area contributed by atoms with Gasteiger partial charge in [-0.25, -0.2) is 8.42 Å². The highest BCUT2D eigenvalue weighted by Crippen LogP contribution is 2.30. The van der Waals surface area contributed by atoms with Crippen molar-refractivity contribution in [3.63, 3.8) is 0 Å². The van der Waals surface area contributed by atoms with Gasteiger partial charge in [-0.3, -0.25) is 9.10 Å². The molecule has 0 saturated carbocycles. The number of ether oxygens (including phenoxy) is 1. The number of halogens is 2. The van der Waals surface area contributed by atoms with Crippen LogP contribution in [-0.4, -0.2) is 40.8 Å². The predicted molar refractivity (Wildman–Crippen MR) is 113 cm³/mol. The topological polar surface area (TPSA) is 75.7 Å². The Balaban J connectivity index is 1.91. The van der Waals surface area contributed by atoms with Crippen molar-refractivity contribution in [2.45, 2.75) is 12.8 Å². The van der Waals surface area contributed by atoms with Gasteiger partial charge in [-0.05, 0) is 48.7 Å². The van der Waals surface area contributed by atoms with E-state index in [1.807, 2.05) is 24.3 Å². The summed E-state index contributed by atoms with van der Waals surface area (Å²) in [5.41, 5.74) is 1.34. The van der Waals surface area contributed by atoms with Gasteiger partial charge in [0.1, 0.15) is 12.3 Å². The average Bonchev–Trinajstić information content (AvgIpc) is 2.63. The molecule has 2 aromatic rings. The van der Waals surface area contributed by atoms with Crippen molar-refractivity contribution < 1.29 is 17.9 Å².